The molecular weight excluding hydrogens is 187 g/mol. The van der Waals surface area contributed by atoms with Gasteiger partial charge in [0.05, 0.1) is 0 Å². The molecule has 2 nitrogen and oxygen atoms in total. The zero-order chi connectivity index (χ0) is 11.3. The van der Waals surface area contributed by atoms with Crippen LogP contribution in [0.4, 0.5) is 0 Å². The molecule has 2 N–H and O–H groups in total. The minimum Gasteiger partial charge on any atom is -0.423 e. The first kappa shape index (κ1) is 12.3. The van der Waals surface area contributed by atoms with E-state index in [0.717, 1.165) is 18.8 Å². The normalized spacial score (nSPS) is 12.5. The minimum absolute atomic E-state index is 0.580. The van der Waals surface area contributed by atoms with Crippen LogP contribution in [0.15, 0.2) is 24.3 Å². The third kappa shape index (κ3) is 4.06. The predicted molar refractivity (Wildman–Crippen MR) is 64.0 cm³/mol. The van der Waals surface area contributed by atoms with Crippen LogP contribution in [0.5, 0.6) is 0 Å². The zero-order valence-corrected chi connectivity index (χ0v) is 9.48. The van der Waals surface area contributed by atoms with E-state index in [1.165, 1.54) is 12.0 Å². The molecule has 0 radical (unpaired) electrons. The quantitative estimate of drug-likeness (QED) is 0.714. The maximum Gasteiger partial charge on any atom is 0.488 e. The standard InChI is InChI=1S/C12H19BO2/c1-3-10(2)7-8-11-5-4-6-12(9-11)13(14)15/h4-6,9-10,14-15H,3,7-8H2,1-2H3. The fraction of sp³-hybridized carbons (Fsp3) is 0.500. The van der Waals surface area contributed by atoms with Gasteiger partial charge < -0.3 is 10.0 Å². The Kier molecular flexibility index (Phi) is 4.86. The van der Waals surface area contributed by atoms with Gasteiger partial charge in [0.1, 0.15) is 0 Å². The Hall–Kier alpha value is -0.795. The number of benzene rings is 1. The molecule has 0 fully saturated rings. The van der Waals surface area contributed by atoms with Crippen molar-refractivity contribution >= 4 is 12.6 Å². The highest BCUT2D eigenvalue weighted by Gasteiger charge is 2.10. The molecule has 0 bridgehead atoms. The fourth-order valence-electron chi connectivity index (χ4n) is 1.53. The monoisotopic (exact) mass is 206 g/mol. The molecule has 0 spiro atoms. The summed E-state index contributed by atoms with van der Waals surface area (Å²) in [5, 5.41) is 18.1. The Balaban J connectivity index is 2.58. The Morgan fingerprint density at radius 1 is 1.33 bits per heavy atom. The minimum atomic E-state index is -1.35. The number of hydrogen-bond acceptors (Lipinski definition) is 2. The summed E-state index contributed by atoms with van der Waals surface area (Å²) < 4.78 is 0. The summed E-state index contributed by atoms with van der Waals surface area (Å²) in [5.74, 6) is 0.729. The van der Waals surface area contributed by atoms with Crippen molar-refractivity contribution < 1.29 is 10.0 Å². The average Bonchev–Trinajstić information content (AvgIpc) is 2.26. The lowest BCUT2D eigenvalue weighted by Gasteiger charge is -2.08. The first-order valence-electron chi connectivity index (χ1n) is 5.58. The van der Waals surface area contributed by atoms with Crippen LogP contribution in [0.3, 0.4) is 0 Å². The van der Waals surface area contributed by atoms with Gasteiger partial charge in [-0.1, -0.05) is 44.5 Å². The summed E-state index contributed by atoms with van der Waals surface area (Å²) in [6.45, 7) is 4.43. The van der Waals surface area contributed by atoms with Gasteiger partial charge in [0, 0.05) is 0 Å². The van der Waals surface area contributed by atoms with E-state index in [9.17, 15) is 0 Å². The Morgan fingerprint density at radius 2 is 2.07 bits per heavy atom. The first-order chi connectivity index (χ1) is 7.13. The summed E-state index contributed by atoms with van der Waals surface area (Å²) in [7, 11) is -1.35. The van der Waals surface area contributed by atoms with E-state index in [-0.39, 0.29) is 0 Å². The van der Waals surface area contributed by atoms with E-state index in [0.29, 0.717) is 5.46 Å². The Bertz CT molecular complexity index is 299. The summed E-state index contributed by atoms with van der Waals surface area (Å²) >= 11 is 0. The molecule has 1 unspecified atom stereocenters. The highest BCUT2D eigenvalue weighted by atomic mass is 16.4. The summed E-state index contributed by atoms with van der Waals surface area (Å²) in [6.07, 6.45) is 3.36. The van der Waals surface area contributed by atoms with E-state index in [4.69, 9.17) is 10.0 Å². The fourth-order valence-corrected chi connectivity index (χ4v) is 1.53. The van der Waals surface area contributed by atoms with Crippen LogP contribution >= 0.6 is 0 Å². The van der Waals surface area contributed by atoms with Crippen molar-refractivity contribution in [2.24, 2.45) is 5.92 Å². The topological polar surface area (TPSA) is 40.5 Å². The van der Waals surface area contributed by atoms with E-state index < -0.39 is 7.12 Å². The predicted octanol–water partition coefficient (Wildman–Crippen LogP) is 1.35. The molecule has 0 amide bonds. The van der Waals surface area contributed by atoms with Gasteiger partial charge >= 0.3 is 7.12 Å². The van der Waals surface area contributed by atoms with E-state index in [1.807, 2.05) is 18.2 Å². The summed E-state index contributed by atoms with van der Waals surface area (Å²) in [6, 6.07) is 7.51. The smallest absolute Gasteiger partial charge is 0.423 e. The van der Waals surface area contributed by atoms with Gasteiger partial charge in [0.15, 0.2) is 0 Å². The molecule has 1 aromatic carbocycles. The molecule has 0 aliphatic carbocycles. The van der Waals surface area contributed by atoms with Crippen molar-refractivity contribution in [3.63, 3.8) is 0 Å². The molecule has 0 aliphatic rings. The van der Waals surface area contributed by atoms with Crippen LogP contribution in [0.1, 0.15) is 32.3 Å². The molecular formula is C12H19BO2. The van der Waals surface area contributed by atoms with Crippen LogP contribution in [0, 0.1) is 5.92 Å². The second-order valence-electron chi connectivity index (χ2n) is 4.17. The lowest BCUT2D eigenvalue weighted by Crippen LogP contribution is -2.29. The lowest BCUT2D eigenvalue weighted by atomic mass is 9.79. The van der Waals surface area contributed by atoms with Gasteiger partial charge in [-0.25, -0.2) is 0 Å². The average molecular weight is 206 g/mol. The maximum absolute atomic E-state index is 9.03. The maximum atomic E-state index is 9.03. The second-order valence-corrected chi connectivity index (χ2v) is 4.17. The molecule has 0 heterocycles. The Labute approximate surface area is 92.1 Å². The van der Waals surface area contributed by atoms with Gasteiger partial charge in [-0.2, -0.15) is 0 Å². The van der Waals surface area contributed by atoms with Crippen molar-refractivity contribution in [1.29, 1.82) is 0 Å². The summed E-state index contributed by atoms with van der Waals surface area (Å²) in [4.78, 5) is 0. The molecule has 1 atom stereocenters. The highest BCUT2D eigenvalue weighted by molar-refractivity contribution is 6.58. The molecule has 1 rings (SSSR count). The molecule has 3 heteroatoms. The van der Waals surface area contributed by atoms with Crippen LogP contribution in [0.25, 0.3) is 0 Å². The number of hydrogen-bond donors (Lipinski definition) is 2. The van der Waals surface area contributed by atoms with Crippen LogP contribution in [-0.2, 0) is 6.42 Å². The van der Waals surface area contributed by atoms with Crippen molar-refractivity contribution in [3.05, 3.63) is 29.8 Å². The van der Waals surface area contributed by atoms with Gasteiger partial charge in [-0.05, 0) is 29.8 Å². The molecule has 0 saturated carbocycles. The second kappa shape index (κ2) is 5.94. The lowest BCUT2D eigenvalue weighted by molar-refractivity contribution is 0.425. The third-order valence-electron chi connectivity index (χ3n) is 2.87. The highest BCUT2D eigenvalue weighted by Crippen LogP contribution is 2.11. The zero-order valence-electron chi connectivity index (χ0n) is 9.48. The van der Waals surface area contributed by atoms with E-state index in [1.54, 1.807) is 6.07 Å². The van der Waals surface area contributed by atoms with Crippen LogP contribution in [0.2, 0.25) is 0 Å². The molecule has 0 saturated heterocycles. The molecule has 82 valence electrons. The van der Waals surface area contributed by atoms with E-state index >= 15 is 0 Å². The SMILES string of the molecule is CCC(C)CCc1cccc(B(O)O)c1. The molecule has 15 heavy (non-hydrogen) atoms. The van der Waals surface area contributed by atoms with Crippen molar-refractivity contribution in [1.82, 2.24) is 0 Å². The van der Waals surface area contributed by atoms with Crippen molar-refractivity contribution in [2.45, 2.75) is 33.1 Å². The van der Waals surface area contributed by atoms with Crippen molar-refractivity contribution in [3.8, 4) is 0 Å². The van der Waals surface area contributed by atoms with Gasteiger partial charge in [-0.15, -0.1) is 0 Å². The Morgan fingerprint density at radius 3 is 2.67 bits per heavy atom. The third-order valence-corrected chi connectivity index (χ3v) is 2.87. The largest absolute Gasteiger partial charge is 0.488 e. The van der Waals surface area contributed by atoms with Crippen LogP contribution < -0.4 is 5.46 Å². The van der Waals surface area contributed by atoms with E-state index in [2.05, 4.69) is 13.8 Å². The first-order valence-corrected chi connectivity index (χ1v) is 5.58. The van der Waals surface area contributed by atoms with Crippen molar-refractivity contribution in [2.75, 3.05) is 0 Å². The number of aryl methyl sites for hydroxylation is 1. The van der Waals surface area contributed by atoms with Crippen LogP contribution in [-0.4, -0.2) is 17.2 Å². The molecule has 1 aromatic rings. The summed E-state index contributed by atoms with van der Waals surface area (Å²) in [5.41, 5.74) is 1.76. The molecule has 0 aromatic heterocycles. The van der Waals surface area contributed by atoms with Gasteiger partial charge in [0.25, 0.3) is 0 Å². The van der Waals surface area contributed by atoms with Gasteiger partial charge in [0.2, 0.25) is 0 Å². The number of rotatable bonds is 5. The molecule has 0 aliphatic heterocycles. The van der Waals surface area contributed by atoms with Gasteiger partial charge in [-0.3, -0.25) is 0 Å².